The summed E-state index contributed by atoms with van der Waals surface area (Å²) in [6, 6.07) is 3.26. The van der Waals surface area contributed by atoms with Crippen LogP contribution in [-0.4, -0.2) is 52.8 Å². The largest absolute Gasteiger partial charge is 0.342 e. The SMILES string of the molecule is CCCCN1C[C@]2(CCCN(C(=O)c3ccc[nH]c3=O)C2)CCC1=O. The van der Waals surface area contributed by atoms with Crippen molar-refractivity contribution in [2.24, 2.45) is 5.41 Å². The van der Waals surface area contributed by atoms with Gasteiger partial charge in [0, 0.05) is 44.2 Å². The van der Waals surface area contributed by atoms with Crippen molar-refractivity contribution < 1.29 is 9.59 Å². The quantitative estimate of drug-likeness (QED) is 0.907. The Morgan fingerprint density at radius 2 is 2.12 bits per heavy atom. The molecule has 6 nitrogen and oxygen atoms in total. The molecule has 0 radical (unpaired) electrons. The van der Waals surface area contributed by atoms with Crippen LogP contribution in [0.4, 0.5) is 0 Å². The van der Waals surface area contributed by atoms with E-state index in [0.29, 0.717) is 19.5 Å². The molecule has 3 heterocycles. The van der Waals surface area contributed by atoms with Gasteiger partial charge in [-0.25, -0.2) is 0 Å². The number of H-pyrrole nitrogens is 1. The number of piperidine rings is 2. The number of aromatic amines is 1. The van der Waals surface area contributed by atoms with Crippen LogP contribution < -0.4 is 5.56 Å². The highest BCUT2D eigenvalue weighted by atomic mass is 16.2. The van der Waals surface area contributed by atoms with Crippen LogP contribution in [-0.2, 0) is 4.79 Å². The fraction of sp³-hybridized carbons (Fsp3) is 0.632. The molecule has 3 rings (SSSR count). The fourth-order valence-corrected chi connectivity index (χ4v) is 4.13. The van der Waals surface area contributed by atoms with Crippen LogP contribution >= 0.6 is 0 Å². The highest BCUT2D eigenvalue weighted by molar-refractivity contribution is 5.93. The smallest absolute Gasteiger partial charge is 0.260 e. The van der Waals surface area contributed by atoms with E-state index in [2.05, 4.69) is 11.9 Å². The maximum atomic E-state index is 12.8. The molecule has 1 spiro atoms. The van der Waals surface area contributed by atoms with E-state index < -0.39 is 0 Å². The molecular weight excluding hydrogens is 318 g/mol. The molecule has 2 saturated heterocycles. The Kier molecular flexibility index (Phi) is 5.25. The van der Waals surface area contributed by atoms with Gasteiger partial charge in [0.1, 0.15) is 5.56 Å². The van der Waals surface area contributed by atoms with Gasteiger partial charge in [-0.15, -0.1) is 0 Å². The van der Waals surface area contributed by atoms with Gasteiger partial charge in [0.15, 0.2) is 0 Å². The first-order valence-electron chi connectivity index (χ1n) is 9.29. The molecular formula is C19H27N3O3. The average Bonchev–Trinajstić information content (AvgIpc) is 2.63. The Bertz CT molecular complexity index is 699. The first kappa shape index (κ1) is 17.7. The van der Waals surface area contributed by atoms with E-state index >= 15 is 0 Å². The topological polar surface area (TPSA) is 73.5 Å². The predicted octanol–water partition coefficient (Wildman–Crippen LogP) is 2.02. The number of aromatic nitrogens is 1. The third-order valence-electron chi connectivity index (χ3n) is 5.53. The summed E-state index contributed by atoms with van der Waals surface area (Å²) in [6.07, 6.45) is 6.99. The molecule has 6 heteroatoms. The van der Waals surface area contributed by atoms with E-state index in [4.69, 9.17) is 0 Å². The van der Waals surface area contributed by atoms with Gasteiger partial charge in [-0.2, -0.15) is 0 Å². The lowest BCUT2D eigenvalue weighted by Gasteiger charge is -2.48. The number of amides is 2. The Balaban J connectivity index is 1.74. The number of rotatable bonds is 4. The van der Waals surface area contributed by atoms with E-state index in [9.17, 15) is 14.4 Å². The van der Waals surface area contributed by atoms with Gasteiger partial charge in [-0.1, -0.05) is 13.3 Å². The number of carbonyl (C=O) groups excluding carboxylic acids is 2. The molecule has 0 aliphatic carbocycles. The standard InChI is InChI=1S/C19H27N3O3/c1-2-3-11-21-13-19(9-7-16(21)23)8-5-12-22(14-19)18(25)15-6-4-10-20-17(15)24/h4,6,10H,2-3,5,7-9,11-14H2,1H3,(H,20,24)/t19-/m0/s1. The van der Waals surface area contributed by atoms with Crippen LogP contribution in [0, 0.1) is 5.41 Å². The summed E-state index contributed by atoms with van der Waals surface area (Å²) in [5.41, 5.74) is -0.151. The fourth-order valence-electron chi connectivity index (χ4n) is 4.13. The average molecular weight is 345 g/mol. The van der Waals surface area contributed by atoms with Gasteiger partial charge < -0.3 is 14.8 Å². The molecule has 2 aliphatic heterocycles. The highest BCUT2D eigenvalue weighted by Gasteiger charge is 2.42. The van der Waals surface area contributed by atoms with Crippen molar-refractivity contribution in [1.82, 2.24) is 14.8 Å². The molecule has 1 aromatic heterocycles. The summed E-state index contributed by atoms with van der Waals surface area (Å²) in [6.45, 7) is 4.99. The molecule has 25 heavy (non-hydrogen) atoms. The number of pyridine rings is 1. The van der Waals surface area contributed by atoms with Gasteiger partial charge in [-0.3, -0.25) is 14.4 Å². The van der Waals surface area contributed by atoms with E-state index in [1.165, 1.54) is 6.20 Å². The monoisotopic (exact) mass is 345 g/mol. The Labute approximate surface area is 148 Å². The lowest BCUT2D eigenvalue weighted by molar-refractivity contribution is -0.139. The third kappa shape index (κ3) is 3.78. The Morgan fingerprint density at radius 3 is 2.88 bits per heavy atom. The molecule has 0 bridgehead atoms. The minimum absolute atomic E-state index is 0.0168. The molecule has 2 aliphatic rings. The number of hydrogen-bond acceptors (Lipinski definition) is 3. The minimum atomic E-state index is -0.337. The number of nitrogens with zero attached hydrogens (tertiary/aromatic N) is 2. The Hall–Kier alpha value is -2.11. The number of carbonyl (C=O) groups is 2. The zero-order chi connectivity index (χ0) is 17.9. The molecule has 0 unspecified atom stereocenters. The van der Waals surface area contributed by atoms with Crippen LogP contribution in [0.1, 0.15) is 55.8 Å². The van der Waals surface area contributed by atoms with Gasteiger partial charge in [0.25, 0.3) is 11.5 Å². The van der Waals surface area contributed by atoms with Gasteiger partial charge >= 0.3 is 0 Å². The van der Waals surface area contributed by atoms with Crippen LogP contribution in [0.25, 0.3) is 0 Å². The minimum Gasteiger partial charge on any atom is -0.342 e. The molecule has 1 aromatic rings. The molecule has 2 amide bonds. The number of nitrogens with one attached hydrogen (secondary N) is 1. The number of likely N-dealkylation sites (tertiary alicyclic amines) is 2. The van der Waals surface area contributed by atoms with E-state index in [1.54, 1.807) is 12.1 Å². The number of hydrogen-bond donors (Lipinski definition) is 1. The van der Waals surface area contributed by atoms with Crippen LogP contribution in [0.3, 0.4) is 0 Å². The first-order valence-corrected chi connectivity index (χ1v) is 9.29. The third-order valence-corrected chi connectivity index (χ3v) is 5.53. The van der Waals surface area contributed by atoms with Crippen LogP contribution in [0.2, 0.25) is 0 Å². The molecule has 1 N–H and O–H groups in total. The van der Waals surface area contributed by atoms with Crippen molar-refractivity contribution in [3.05, 3.63) is 34.2 Å². The molecule has 2 fully saturated rings. The zero-order valence-corrected chi connectivity index (χ0v) is 14.9. The lowest BCUT2D eigenvalue weighted by atomic mass is 9.73. The molecule has 1 atom stereocenters. The predicted molar refractivity (Wildman–Crippen MR) is 95.4 cm³/mol. The van der Waals surface area contributed by atoms with E-state index in [1.807, 2.05) is 9.80 Å². The molecule has 0 saturated carbocycles. The normalized spacial score (nSPS) is 24.0. The van der Waals surface area contributed by atoms with E-state index in [-0.39, 0.29) is 28.4 Å². The maximum absolute atomic E-state index is 12.8. The van der Waals surface area contributed by atoms with Gasteiger partial charge in [0.2, 0.25) is 5.91 Å². The van der Waals surface area contributed by atoms with Crippen molar-refractivity contribution in [3.8, 4) is 0 Å². The highest BCUT2D eigenvalue weighted by Crippen LogP contribution is 2.39. The summed E-state index contributed by atoms with van der Waals surface area (Å²) < 4.78 is 0. The first-order chi connectivity index (χ1) is 12.0. The lowest BCUT2D eigenvalue weighted by Crippen LogP contribution is -2.55. The summed E-state index contributed by atoms with van der Waals surface area (Å²) in [5.74, 6) is 0.0416. The maximum Gasteiger partial charge on any atom is 0.260 e. The zero-order valence-electron chi connectivity index (χ0n) is 14.9. The van der Waals surface area contributed by atoms with Gasteiger partial charge in [0.05, 0.1) is 0 Å². The van der Waals surface area contributed by atoms with Crippen molar-refractivity contribution in [1.29, 1.82) is 0 Å². The summed E-state index contributed by atoms with van der Waals surface area (Å²) in [5, 5.41) is 0. The van der Waals surface area contributed by atoms with Crippen molar-refractivity contribution in [2.45, 2.75) is 45.4 Å². The van der Waals surface area contributed by atoms with Gasteiger partial charge in [-0.05, 0) is 37.8 Å². The molecule has 0 aromatic carbocycles. The van der Waals surface area contributed by atoms with Crippen molar-refractivity contribution >= 4 is 11.8 Å². The van der Waals surface area contributed by atoms with E-state index in [0.717, 1.165) is 45.2 Å². The van der Waals surface area contributed by atoms with Crippen LogP contribution in [0.5, 0.6) is 0 Å². The summed E-state index contributed by atoms with van der Waals surface area (Å²) in [4.78, 5) is 43.3. The second-order valence-electron chi connectivity index (χ2n) is 7.41. The summed E-state index contributed by atoms with van der Waals surface area (Å²) in [7, 11) is 0. The van der Waals surface area contributed by atoms with Crippen LogP contribution in [0.15, 0.2) is 23.1 Å². The Morgan fingerprint density at radius 1 is 1.28 bits per heavy atom. The summed E-state index contributed by atoms with van der Waals surface area (Å²) >= 11 is 0. The second kappa shape index (κ2) is 7.42. The molecule has 136 valence electrons. The van der Waals surface area contributed by atoms with Crippen molar-refractivity contribution in [3.63, 3.8) is 0 Å². The second-order valence-corrected chi connectivity index (χ2v) is 7.41. The number of unbranched alkanes of at least 4 members (excludes halogenated alkanes) is 1. The van der Waals surface area contributed by atoms with Crippen molar-refractivity contribution in [2.75, 3.05) is 26.2 Å².